The molecular weight excluding hydrogens is 660 g/mol. The summed E-state index contributed by atoms with van der Waals surface area (Å²) in [5.74, 6) is -0.311. The minimum Gasteiger partial charge on any atom is -0.491 e. The molecule has 0 aliphatic rings. The van der Waals surface area contributed by atoms with E-state index >= 15 is 0 Å². The molecule has 0 unspecified atom stereocenters. The Morgan fingerprint density at radius 3 is 2.35 bits per heavy atom. The number of hydrogen-bond donors (Lipinski definition) is 4. The molecule has 4 aromatic rings. The van der Waals surface area contributed by atoms with Gasteiger partial charge in [0.15, 0.2) is 0 Å². The minimum atomic E-state index is -1.05. The van der Waals surface area contributed by atoms with Gasteiger partial charge in [0.05, 0.1) is 38.8 Å². The summed E-state index contributed by atoms with van der Waals surface area (Å²) in [6, 6.07) is 22.5. The van der Waals surface area contributed by atoms with Gasteiger partial charge in [-0.05, 0) is 82.5 Å². The number of rotatable bonds is 21. The number of carboxylic acids is 1. The van der Waals surface area contributed by atoms with Crippen LogP contribution in [0.4, 0.5) is 5.82 Å². The van der Waals surface area contributed by atoms with Crippen molar-refractivity contribution in [3.05, 3.63) is 90.1 Å². The first-order chi connectivity index (χ1) is 25.0. The van der Waals surface area contributed by atoms with E-state index in [-0.39, 0.29) is 30.7 Å². The van der Waals surface area contributed by atoms with Crippen molar-refractivity contribution in [2.75, 3.05) is 51.4 Å². The molecule has 0 bridgehead atoms. The van der Waals surface area contributed by atoms with Crippen molar-refractivity contribution in [1.82, 2.24) is 15.6 Å². The Balaban J connectivity index is 1.27. The van der Waals surface area contributed by atoms with Crippen molar-refractivity contribution < 1.29 is 33.7 Å². The Bertz CT molecular complexity index is 1750. The highest BCUT2D eigenvalue weighted by Gasteiger charge is 2.19. The zero-order valence-corrected chi connectivity index (χ0v) is 30.7. The third-order valence-corrected chi connectivity index (χ3v) is 8.30. The van der Waals surface area contributed by atoms with Gasteiger partial charge in [0.25, 0.3) is 0 Å². The number of benzene rings is 3. The number of aliphatic carboxylic acids is 1. The lowest BCUT2D eigenvalue weighted by atomic mass is 9.93. The summed E-state index contributed by atoms with van der Waals surface area (Å²) in [6.07, 6.45) is 3.21. The Hall–Kier alpha value is -5.00. The molecule has 278 valence electrons. The number of aromatic nitrogens is 1. The number of amides is 2. The van der Waals surface area contributed by atoms with Gasteiger partial charge in [-0.1, -0.05) is 69.3 Å². The number of fused-ring (bicyclic) bond motifs is 1. The first-order valence-electron chi connectivity index (χ1n) is 17.8. The number of aryl methyl sites for hydroxylation is 1. The van der Waals surface area contributed by atoms with Crippen LogP contribution < -0.4 is 20.7 Å². The summed E-state index contributed by atoms with van der Waals surface area (Å²) in [6.45, 7) is 11.5. The lowest BCUT2D eigenvalue weighted by Gasteiger charge is -2.18. The lowest BCUT2D eigenvalue weighted by molar-refractivity contribution is -0.138. The Labute approximate surface area is 306 Å². The molecule has 0 radical (unpaired) electrons. The number of carboxylic acid groups (broad SMARTS) is 1. The van der Waals surface area contributed by atoms with Crippen molar-refractivity contribution in [1.29, 1.82) is 0 Å². The topological polar surface area (TPSA) is 148 Å². The summed E-state index contributed by atoms with van der Waals surface area (Å²) < 4.78 is 17.3. The second kappa shape index (κ2) is 20.1. The molecule has 2 amide bonds. The minimum absolute atomic E-state index is 0.232. The van der Waals surface area contributed by atoms with E-state index < -0.39 is 17.9 Å². The highest BCUT2D eigenvalue weighted by molar-refractivity contribution is 5.97. The van der Waals surface area contributed by atoms with Gasteiger partial charge in [-0.25, -0.2) is 4.98 Å². The fourth-order valence-corrected chi connectivity index (χ4v) is 5.44. The van der Waals surface area contributed by atoms with Gasteiger partial charge in [-0.3, -0.25) is 14.4 Å². The van der Waals surface area contributed by atoms with Crippen LogP contribution in [0.15, 0.2) is 79.0 Å². The molecule has 0 saturated carbocycles. The van der Waals surface area contributed by atoms with E-state index in [1.54, 1.807) is 6.20 Å². The standard InChI is InChI=1S/C41H52N4O7/c1-29-16-19-43-37(25-29)42-18-6-9-38(46)44-28-39(47)45-36(27-40(48)49)32-12-10-31(11-13-32)34-8-5-7-30-14-15-33(26-35(30)34)52-24-23-51-22-21-50-20-17-41(2,3)4/h5,7-8,10-16,19,25-26,36H,6,9,17-18,20-24,27-28H2,1-4H3,(H,42,43)(H,44,46)(H,45,47)(H,48,49)/t36-/m0/s1. The summed E-state index contributed by atoms with van der Waals surface area (Å²) in [4.78, 5) is 41.0. The second-order valence-corrected chi connectivity index (χ2v) is 13.9. The second-order valence-electron chi connectivity index (χ2n) is 13.9. The largest absolute Gasteiger partial charge is 0.491 e. The van der Waals surface area contributed by atoms with E-state index in [0.29, 0.717) is 45.0 Å². The van der Waals surface area contributed by atoms with Gasteiger partial charge < -0.3 is 35.3 Å². The van der Waals surface area contributed by atoms with Crippen LogP contribution >= 0.6 is 0 Å². The van der Waals surface area contributed by atoms with E-state index in [1.807, 2.05) is 79.7 Å². The maximum atomic E-state index is 12.8. The Morgan fingerprint density at radius 1 is 0.865 bits per heavy atom. The maximum absolute atomic E-state index is 12.8. The third-order valence-electron chi connectivity index (χ3n) is 8.30. The summed E-state index contributed by atoms with van der Waals surface area (Å²) in [5, 5.41) is 20.2. The maximum Gasteiger partial charge on any atom is 0.305 e. The predicted molar refractivity (Wildman–Crippen MR) is 203 cm³/mol. The first kappa shape index (κ1) is 39.8. The molecule has 3 aromatic carbocycles. The van der Waals surface area contributed by atoms with Crippen LogP contribution in [0.3, 0.4) is 0 Å². The van der Waals surface area contributed by atoms with Gasteiger partial charge in [0.1, 0.15) is 18.2 Å². The molecule has 4 N–H and O–H groups in total. The zero-order valence-electron chi connectivity index (χ0n) is 30.7. The molecule has 0 spiro atoms. The monoisotopic (exact) mass is 712 g/mol. The van der Waals surface area contributed by atoms with E-state index in [1.165, 1.54) is 0 Å². The van der Waals surface area contributed by atoms with Gasteiger partial charge in [0.2, 0.25) is 11.8 Å². The molecule has 1 atom stereocenters. The molecule has 0 fully saturated rings. The molecule has 11 nitrogen and oxygen atoms in total. The molecule has 1 aromatic heterocycles. The number of nitrogens with one attached hydrogen (secondary N) is 3. The predicted octanol–water partition coefficient (Wildman–Crippen LogP) is 6.70. The number of ether oxygens (including phenoxy) is 3. The molecule has 0 saturated heterocycles. The number of carbonyl (C=O) groups is 3. The number of nitrogens with zero attached hydrogens (tertiary/aromatic N) is 1. The van der Waals surface area contributed by atoms with Crippen molar-refractivity contribution in [3.8, 4) is 16.9 Å². The molecule has 4 rings (SSSR count). The highest BCUT2D eigenvalue weighted by atomic mass is 16.5. The van der Waals surface area contributed by atoms with Crippen LogP contribution in [-0.4, -0.2) is 74.0 Å². The lowest BCUT2D eigenvalue weighted by Crippen LogP contribution is -2.39. The molecule has 52 heavy (non-hydrogen) atoms. The average molecular weight is 713 g/mol. The Morgan fingerprint density at radius 2 is 1.62 bits per heavy atom. The number of pyridine rings is 1. The van der Waals surface area contributed by atoms with E-state index in [0.717, 1.165) is 52.1 Å². The number of anilines is 1. The Kier molecular flexibility index (Phi) is 15.4. The van der Waals surface area contributed by atoms with Crippen LogP contribution in [0, 0.1) is 12.3 Å². The fraction of sp³-hybridized carbons (Fsp3) is 0.415. The molecule has 1 heterocycles. The summed E-state index contributed by atoms with van der Waals surface area (Å²) in [7, 11) is 0. The van der Waals surface area contributed by atoms with Crippen molar-refractivity contribution >= 4 is 34.4 Å². The SMILES string of the molecule is Cc1ccnc(NCCCC(=O)NCC(=O)N[C@@H](CC(=O)O)c2ccc(-c3cccc4ccc(OCCOCCOCCC(C)(C)C)cc34)cc2)c1. The summed E-state index contributed by atoms with van der Waals surface area (Å²) >= 11 is 0. The quantitative estimate of drug-likeness (QED) is 0.0693. The van der Waals surface area contributed by atoms with Gasteiger partial charge in [0, 0.05) is 25.8 Å². The van der Waals surface area contributed by atoms with E-state index in [4.69, 9.17) is 14.2 Å². The van der Waals surface area contributed by atoms with Gasteiger partial charge in [-0.2, -0.15) is 0 Å². The van der Waals surface area contributed by atoms with Crippen LogP contribution in [0.5, 0.6) is 5.75 Å². The normalized spacial score (nSPS) is 11.9. The molecule has 11 heteroatoms. The van der Waals surface area contributed by atoms with Crippen molar-refractivity contribution in [2.24, 2.45) is 5.41 Å². The first-order valence-corrected chi connectivity index (χ1v) is 17.8. The van der Waals surface area contributed by atoms with Crippen LogP contribution in [-0.2, 0) is 23.9 Å². The molecular formula is C41H52N4O7. The third kappa shape index (κ3) is 14.0. The van der Waals surface area contributed by atoms with Crippen LogP contribution in [0.2, 0.25) is 0 Å². The number of hydrogen-bond acceptors (Lipinski definition) is 8. The summed E-state index contributed by atoms with van der Waals surface area (Å²) in [5.41, 5.74) is 3.91. The van der Waals surface area contributed by atoms with E-state index in [2.05, 4.69) is 41.7 Å². The van der Waals surface area contributed by atoms with Gasteiger partial charge in [-0.15, -0.1) is 0 Å². The zero-order chi connectivity index (χ0) is 37.3. The highest BCUT2D eigenvalue weighted by Crippen LogP contribution is 2.32. The smallest absolute Gasteiger partial charge is 0.305 e. The van der Waals surface area contributed by atoms with Crippen molar-refractivity contribution in [3.63, 3.8) is 0 Å². The van der Waals surface area contributed by atoms with Crippen LogP contribution in [0.1, 0.15) is 63.6 Å². The van der Waals surface area contributed by atoms with Crippen molar-refractivity contribution in [2.45, 2.75) is 59.4 Å². The van der Waals surface area contributed by atoms with E-state index in [9.17, 15) is 19.5 Å². The average Bonchev–Trinajstić information content (AvgIpc) is 3.11. The van der Waals surface area contributed by atoms with Crippen LogP contribution in [0.25, 0.3) is 21.9 Å². The molecule has 0 aliphatic carbocycles. The fourth-order valence-electron chi connectivity index (χ4n) is 5.44. The van der Waals surface area contributed by atoms with Gasteiger partial charge >= 0.3 is 5.97 Å². The number of carbonyl (C=O) groups excluding carboxylic acids is 2. The molecule has 0 aliphatic heterocycles.